The molecule has 0 amide bonds. The van der Waals surface area contributed by atoms with Gasteiger partial charge < -0.3 is 4.74 Å². The van der Waals surface area contributed by atoms with E-state index in [-0.39, 0.29) is 0 Å². The van der Waals surface area contributed by atoms with E-state index in [9.17, 15) is 0 Å². The minimum atomic E-state index is 0.562. The minimum Gasteiger partial charge on any atom is -0.375 e. The van der Waals surface area contributed by atoms with Crippen LogP contribution in [0.1, 0.15) is 93.9 Å². The summed E-state index contributed by atoms with van der Waals surface area (Å²) in [6, 6.07) is 0. The van der Waals surface area contributed by atoms with Gasteiger partial charge >= 0.3 is 0 Å². The van der Waals surface area contributed by atoms with Crippen LogP contribution < -0.4 is 0 Å². The van der Waals surface area contributed by atoms with Gasteiger partial charge in [0.2, 0.25) is 0 Å². The lowest BCUT2D eigenvalue weighted by atomic mass is 9.78. The molecule has 0 radical (unpaired) electrons. The van der Waals surface area contributed by atoms with Crippen molar-refractivity contribution in [2.24, 2.45) is 23.7 Å². The van der Waals surface area contributed by atoms with Gasteiger partial charge in [0.05, 0.1) is 12.2 Å². The van der Waals surface area contributed by atoms with Gasteiger partial charge in [-0.25, -0.2) is 0 Å². The number of hydrogen-bond donors (Lipinski definition) is 0. The predicted molar refractivity (Wildman–Crippen MR) is 95.7 cm³/mol. The lowest BCUT2D eigenvalue weighted by Crippen LogP contribution is -2.34. The summed E-state index contributed by atoms with van der Waals surface area (Å²) in [7, 11) is 0. The summed E-state index contributed by atoms with van der Waals surface area (Å²) in [5, 5.41) is 0. The molecule has 0 aliphatic heterocycles. The third-order valence-corrected chi connectivity index (χ3v) is 5.49. The second-order valence-electron chi connectivity index (χ2n) is 6.92. The fourth-order valence-electron chi connectivity index (χ4n) is 3.52. The molecule has 0 aromatic carbocycles. The molecule has 0 N–H and O–H groups in total. The topological polar surface area (TPSA) is 9.23 Å². The molecule has 0 bridgehead atoms. The standard InChI is InChI=1S/C16H30O.2C2H6/c1-11-5-7-15(9-13(11)3)17-16-8-6-12(2)14(4)10-16;2*1-2/h11-16H,5-10H2,1-4H3;2*1-2H3. The van der Waals surface area contributed by atoms with Gasteiger partial charge in [0.1, 0.15) is 0 Å². The zero-order chi connectivity index (χ0) is 16.4. The molecule has 1 heteroatoms. The van der Waals surface area contributed by atoms with Crippen molar-refractivity contribution in [1.82, 2.24) is 0 Å². The van der Waals surface area contributed by atoms with Crippen molar-refractivity contribution in [3.8, 4) is 0 Å². The summed E-state index contributed by atoms with van der Waals surface area (Å²) in [5.74, 6) is 3.52. The fourth-order valence-corrected chi connectivity index (χ4v) is 3.52. The highest BCUT2D eigenvalue weighted by atomic mass is 16.5. The van der Waals surface area contributed by atoms with Gasteiger partial charge in [0.25, 0.3) is 0 Å². The monoisotopic (exact) mass is 298 g/mol. The van der Waals surface area contributed by atoms with Crippen LogP contribution >= 0.6 is 0 Å². The van der Waals surface area contributed by atoms with Crippen molar-refractivity contribution >= 4 is 0 Å². The molecular weight excluding hydrogens is 256 g/mol. The summed E-state index contributed by atoms with van der Waals surface area (Å²) in [6.45, 7) is 17.6. The van der Waals surface area contributed by atoms with Crippen molar-refractivity contribution in [2.45, 2.75) is 106 Å². The largest absolute Gasteiger partial charge is 0.375 e. The predicted octanol–water partition coefficient (Wildman–Crippen LogP) is 6.70. The lowest BCUT2D eigenvalue weighted by Gasteiger charge is -2.38. The first kappa shape index (κ1) is 21.0. The molecule has 2 saturated carbocycles. The molecule has 1 nitrogen and oxygen atoms in total. The maximum Gasteiger partial charge on any atom is 0.0581 e. The maximum absolute atomic E-state index is 6.37. The molecule has 21 heavy (non-hydrogen) atoms. The molecule has 0 saturated heterocycles. The smallest absolute Gasteiger partial charge is 0.0581 e. The van der Waals surface area contributed by atoms with E-state index < -0.39 is 0 Å². The Morgan fingerprint density at radius 2 is 0.857 bits per heavy atom. The van der Waals surface area contributed by atoms with Crippen LogP contribution in [0.25, 0.3) is 0 Å². The van der Waals surface area contributed by atoms with Gasteiger partial charge in [-0.05, 0) is 62.2 Å². The highest BCUT2D eigenvalue weighted by molar-refractivity contribution is 4.80. The Morgan fingerprint density at radius 3 is 1.14 bits per heavy atom. The van der Waals surface area contributed by atoms with E-state index in [0.717, 1.165) is 23.7 Å². The lowest BCUT2D eigenvalue weighted by molar-refractivity contribution is -0.0731. The van der Waals surface area contributed by atoms with Gasteiger partial charge in [0, 0.05) is 0 Å². The van der Waals surface area contributed by atoms with E-state index in [2.05, 4.69) is 27.7 Å². The molecular formula is C20H42O. The summed E-state index contributed by atoms with van der Waals surface area (Å²) in [4.78, 5) is 0. The molecule has 6 atom stereocenters. The third-order valence-electron chi connectivity index (χ3n) is 5.49. The highest BCUT2D eigenvalue weighted by Crippen LogP contribution is 2.35. The molecule has 0 spiro atoms. The number of hydrogen-bond acceptors (Lipinski definition) is 1. The average molecular weight is 299 g/mol. The van der Waals surface area contributed by atoms with Crippen LogP contribution in [0.4, 0.5) is 0 Å². The maximum atomic E-state index is 6.37. The molecule has 2 rings (SSSR count). The van der Waals surface area contributed by atoms with E-state index in [4.69, 9.17) is 4.74 Å². The zero-order valence-corrected chi connectivity index (χ0v) is 16.1. The van der Waals surface area contributed by atoms with Crippen molar-refractivity contribution in [2.75, 3.05) is 0 Å². The van der Waals surface area contributed by atoms with E-state index in [1.165, 1.54) is 38.5 Å². The van der Waals surface area contributed by atoms with E-state index in [1.54, 1.807) is 0 Å². The van der Waals surface area contributed by atoms with Crippen molar-refractivity contribution in [1.29, 1.82) is 0 Å². The van der Waals surface area contributed by atoms with Gasteiger partial charge in [-0.15, -0.1) is 0 Å². The summed E-state index contributed by atoms with van der Waals surface area (Å²) >= 11 is 0. The van der Waals surface area contributed by atoms with Crippen molar-refractivity contribution in [3.05, 3.63) is 0 Å². The zero-order valence-electron chi connectivity index (χ0n) is 16.1. The van der Waals surface area contributed by atoms with E-state index in [0.29, 0.717) is 12.2 Å². The normalized spacial score (nSPS) is 39.4. The van der Waals surface area contributed by atoms with Gasteiger partial charge in [0.15, 0.2) is 0 Å². The number of rotatable bonds is 2. The number of ether oxygens (including phenoxy) is 1. The Labute approximate surface area is 135 Å². The molecule has 2 fully saturated rings. The van der Waals surface area contributed by atoms with Crippen LogP contribution in [0, 0.1) is 23.7 Å². The Bertz CT molecular complexity index is 214. The minimum absolute atomic E-state index is 0.562. The molecule has 2 aliphatic rings. The van der Waals surface area contributed by atoms with Gasteiger partial charge in [-0.3, -0.25) is 0 Å². The molecule has 128 valence electrons. The molecule has 0 aromatic heterocycles. The molecule has 6 unspecified atom stereocenters. The summed E-state index contributed by atoms with van der Waals surface area (Å²) < 4.78 is 6.37. The molecule has 2 aliphatic carbocycles. The van der Waals surface area contributed by atoms with Crippen LogP contribution in [0.15, 0.2) is 0 Å². The van der Waals surface area contributed by atoms with Crippen molar-refractivity contribution in [3.63, 3.8) is 0 Å². The van der Waals surface area contributed by atoms with Crippen LogP contribution in [0.5, 0.6) is 0 Å². The van der Waals surface area contributed by atoms with Gasteiger partial charge in [-0.2, -0.15) is 0 Å². The SMILES string of the molecule is CC.CC.CC1CCC(OC2CCC(C)C(C)C2)CC1C. The summed E-state index contributed by atoms with van der Waals surface area (Å²) in [6.07, 6.45) is 9.04. The fraction of sp³-hybridized carbons (Fsp3) is 1.00. The van der Waals surface area contributed by atoms with Crippen LogP contribution in [0.3, 0.4) is 0 Å². The second kappa shape index (κ2) is 11.5. The highest BCUT2D eigenvalue weighted by Gasteiger charge is 2.30. The van der Waals surface area contributed by atoms with Crippen molar-refractivity contribution < 1.29 is 4.74 Å². The summed E-state index contributed by atoms with van der Waals surface area (Å²) in [5.41, 5.74) is 0. The molecule has 0 aromatic rings. The first-order valence-corrected chi connectivity index (χ1v) is 9.71. The Kier molecular flexibility index (Phi) is 11.5. The quantitative estimate of drug-likeness (QED) is 0.551. The van der Waals surface area contributed by atoms with Crippen LogP contribution in [-0.4, -0.2) is 12.2 Å². The van der Waals surface area contributed by atoms with Gasteiger partial charge in [-0.1, -0.05) is 55.4 Å². The second-order valence-corrected chi connectivity index (χ2v) is 6.92. The Hall–Kier alpha value is -0.0400. The average Bonchev–Trinajstić information content (AvgIpc) is 2.51. The third kappa shape index (κ3) is 7.17. The van der Waals surface area contributed by atoms with Crippen LogP contribution in [0.2, 0.25) is 0 Å². The first-order valence-electron chi connectivity index (χ1n) is 9.71. The van der Waals surface area contributed by atoms with E-state index in [1.807, 2.05) is 27.7 Å². The first-order chi connectivity index (χ1) is 10.1. The Balaban J connectivity index is 0.000000921. The molecule has 0 heterocycles. The Morgan fingerprint density at radius 1 is 0.524 bits per heavy atom. The van der Waals surface area contributed by atoms with Crippen LogP contribution in [-0.2, 0) is 4.74 Å². The van der Waals surface area contributed by atoms with E-state index >= 15 is 0 Å².